The first-order chi connectivity index (χ1) is 11.1. The maximum Gasteiger partial charge on any atom is 0.265 e. The first-order valence-electron chi connectivity index (χ1n) is 6.64. The zero-order valence-corrected chi connectivity index (χ0v) is 12.7. The number of amides is 2. The first kappa shape index (κ1) is 14.9. The molecule has 0 saturated carbocycles. The summed E-state index contributed by atoms with van der Waals surface area (Å²) in [7, 11) is 0. The van der Waals surface area contributed by atoms with Crippen LogP contribution in [0.4, 0.5) is 5.69 Å². The topological polar surface area (TPSA) is 116 Å². The molecule has 2 heterocycles. The largest absolute Gasteiger partial charge is 0.368 e. The molecule has 9 heteroatoms. The second-order valence-corrected chi connectivity index (χ2v) is 5.53. The van der Waals surface area contributed by atoms with Crippen molar-refractivity contribution in [2.24, 2.45) is 5.73 Å². The summed E-state index contributed by atoms with van der Waals surface area (Å²) in [5, 5.41) is 16.4. The van der Waals surface area contributed by atoms with Crippen molar-refractivity contribution in [3.05, 3.63) is 46.7 Å². The molecule has 116 valence electrons. The molecular weight excluding hydrogens is 316 g/mol. The number of carbonyl (C=O) groups is 2. The predicted molar refractivity (Wildman–Crippen MR) is 84.7 cm³/mol. The SMILES string of the molecule is NC(=O)Cn1nnc(-c2ccccc2NC(=O)c2cccs2)n1. The van der Waals surface area contributed by atoms with Gasteiger partial charge in [0.1, 0.15) is 6.54 Å². The van der Waals surface area contributed by atoms with Gasteiger partial charge in [0.15, 0.2) is 0 Å². The Balaban J connectivity index is 1.87. The summed E-state index contributed by atoms with van der Waals surface area (Å²) in [4.78, 5) is 24.8. The number of aromatic nitrogens is 4. The standard InChI is InChI=1S/C14H12N6O2S/c15-12(21)8-20-18-13(17-19-20)9-4-1-2-5-10(9)16-14(22)11-6-3-7-23-11/h1-7H,8H2,(H2,15,21)(H,16,22). The van der Waals surface area contributed by atoms with E-state index in [9.17, 15) is 9.59 Å². The van der Waals surface area contributed by atoms with Gasteiger partial charge in [-0.2, -0.15) is 4.80 Å². The van der Waals surface area contributed by atoms with Gasteiger partial charge >= 0.3 is 0 Å². The molecule has 23 heavy (non-hydrogen) atoms. The van der Waals surface area contributed by atoms with E-state index in [0.29, 0.717) is 22.0 Å². The van der Waals surface area contributed by atoms with Crippen LogP contribution in [0.5, 0.6) is 0 Å². The molecule has 0 bridgehead atoms. The van der Waals surface area contributed by atoms with E-state index in [-0.39, 0.29) is 12.5 Å². The third-order valence-corrected chi connectivity index (χ3v) is 3.78. The predicted octanol–water partition coefficient (Wildman–Crippen LogP) is 1.14. The molecule has 1 aromatic carbocycles. The molecule has 0 unspecified atom stereocenters. The van der Waals surface area contributed by atoms with E-state index in [0.717, 1.165) is 4.80 Å². The van der Waals surface area contributed by atoms with Crippen molar-refractivity contribution in [2.45, 2.75) is 6.54 Å². The molecule has 0 fully saturated rings. The molecular formula is C14H12N6O2S. The molecule has 3 aromatic rings. The molecule has 0 aliphatic heterocycles. The van der Waals surface area contributed by atoms with E-state index in [1.54, 1.807) is 30.3 Å². The van der Waals surface area contributed by atoms with Gasteiger partial charge < -0.3 is 11.1 Å². The molecule has 0 aliphatic rings. The fourth-order valence-corrected chi connectivity index (χ4v) is 2.56. The minimum atomic E-state index is -0.562. The van der Waals surface area contributed by atoms with Gasteiger partial charge in [0.2, 0.25) is 11.7 Å². The summed E-state index contributed by atoms with van der Waals surface area (Å²) in [5.41, 5.74) is 6.26. The second-order valence-electron chi connectivity index (χ2n) is 4.59. The number of hydrogen-bond acceptors (Lipinski definition) is 6. The Labute approximate surface area is 134 Å². The van der Waals surface area contributed by atoms with Crippen LogP contribution >= 0.6 is 11.3 Å². The summed E-state index contributed by atoms with van der Waals surface area (Å²) < 4.78 is 0. The van der Waals surface area contributed by atoms with Crippen LogP contribution in [0.25, 0.3) is 11.4 Å². The maximum atomic E-state index is 12.2. The minimum absolute atomic E-state index is 0.156. The molecule has 8 nitrogen and oxygen atoms in total. The Hall–Kier alpha value is -3.07. The Bertz CT molecular complexity index is 843. The van der Waals surface area contributed by atoms with Crippen molar-refractivity contribution in [3.8, 4) is 11.4 Å². The van der Waals surface area contributed by atoms with Gasteiger partial charge in [-0.1, -0.05) is 18.2 Å². The Morgan fingerprint density at radius 1 is 1.22 bits per heavy atom. The second kappa shape index (κ2) is 6.36. The van der Waals surface area contributed by atoms with E-state index < -0.39 is 5.91 Å². The number of nitrogens with zero attached hydrogens (tertiary/aromatic N) is 4. The molecule has 2 amide bonds. The lowest BCUT2D eigenvalue weighted by Crippen LogP contribution is -2.20. The molecule has 3 N–H and O–H groups in total. The van der Waals surface area contributed by atoms with Crippen molar-refractivity contribution >= 4 is 28.8 Å². The first-order valence-corrected chi connectivity index (χ1v) is 7.52. The number of hydrogen-bond donors (Lipinski definition) is 2. The highest BCUT2D eigenvalue weighted by molar-refractivity contribution is 7.12. The Morgan fingerprint density at radius 2 is 2.04 bits per heavy atom. The normalized spacial score (nSPS) is 10.4. The maximum absolute atomic E-state index is 12.2. The van der Waals surface area contributed by atoms with Crippen LogP contribution in [-0.2, 0) is 11.3 Å². The van der Waals surface area contributed by atoms with Crippen LogP contribution in [0, 0.1) is 0 Å². The van der Waals surface area contributed by atoms with Crippen molar-refractivity contribution in [2.75, 3.05) is 5.32 Å². The molecule has 0 radical (unpaired) electrons. The van der Waals surface area contributed by atoms with Crippen LogP contribution < -0.4 is 11.1 Å². The van der Waals surface area contributed by atoms with E-state index in [1.165, 1.54) is 11.3 Å². The average Bonchev–Trinajstić information content (AvgIpc) is 3.18. The van der Waals surface area contributed by atoms with Crippen molar-refractivity contribution < 1.29 is 9.59 Å². The highest BCUT2D eigenvalue weighted by Gasteiger charge is 2.14. The zero-order chi connectivity index (χ0) is 16.2. The number of thiophene rings is 1. The van der Waals surface area contributed by atoms with Gasteiger partial charge in [-0.3, -0.25) is 9.59 Å². The summed E-state index contributed by atoms with van der Waals surface area (Å²) in [6.07, 6.45) is 0. The van der Waals surface area contributed by atoms with Crippen LogP contribution in [0.15, 0.2) is 41.8 Å². The van der Waals surface area contributed by atoms with Gasteiger partial charge in [-0.15, -0.1) is 21.5 Å². The molecule has 3 rings (SSSR count). The van der Waals surface area contributed by atoms with E-state index in [1.807, 2.05) is 11.4 Å². The lowest BCUT2D eigenvalue weighted by atomic mass is 10.1. The molecule has 0 spiro atoms. The van der Waals surface area contributed by atoms with Crippen molar-refractivity contribution in [1.82, 2.24) is 20.2 Å². The smallest absolute Gasteiger partial charge is 0.265 e. The fourth-order valence-electron chi connectivity index (χ4n) is 1.94. The Morgan fingerprint density at radius 3 is 2.78 bits per heavy atom. The number of para-hydroxylation sites is 1. The molecule has 0 aliphatic carbocycles. The van der Waals surface area contributed by atoms with E-state index >= 15 is 0 Å². The fraction of sp³-hybridized carbons (Fsp3) is 0.0714. The van der Waals surface area contributed by atoms with Gasteiger partial charge in [-0.05, 0) is 28.8 Å². The molecule has 0 saturated heterocycles. The number of primary amides is 1. The van der Waals surface area contributed by atoms with Gasteiger partial charge in [0, 0.05) is 5.56 Å². The summed E-state index contributed by atoms with van der Waals surface area (Å²) in [5.74, 6) is -0.474. The van der Waals surface area contributed by atoms with Gasteiger partial charge in [-0.25, -0.2) is 0 Å². The number of nitrogens with two attached hydrogens (primary N) is 1. The number of nitrogens with one attached hydrogen (secondary N) is 1. The van der Waals surface area contributed by atoms with E-state index in [4.69, 9.17) is 5.73 Å². The number of rotatable bonds is 5. The minimum Gasteiger partial charge on any atom is -0.368 e. The summed E-state index contributed by atoms with van der Waals surface area (Å²) in [6.45, 7) is -0.156. The van der Waals surface area contributed by atoms with E-state index in [2.05, 4.69) is 20.7 Å². The highest BCUT2D eigenvalue weighted by atomic mass is 32.1. The molecule has 2 aromatic heterocycles. The number of carbonyl (C=O) groups excluding carboxylic acids is 2. The van der Waals surface area contributed by atoms with Gasteiger partial charge in [0.05, 0.1) is 10.6 Å². The van der Waals surface area contributed by atoms with Crippen molar-refractivity contribution in [3.63, 3.8) is 0 Å². The molecule has 0 atom stereocenters. The Kier molecular flexibility index (Phi) is 4.11. The third-order valence-electron chi connectivity index (χ3n) is 2.91. The lowest BCUT2D eigenvalue weighted by Gasteiger charge is -2.07. The van der Waals surface area contributed by atoms with Crippen LogP contribution in [0.2, 0.25) is 0 Å². The summed E-state index contributed by atoms with van der Waals surface area (Å²) >= 11 is 1.35. The quantitative estimate of drug-likeness (QED) is 0.728. The monoisotopic (exact) mass is 328 g/mol. The number of anilines is 1. The van der Waals surface area contributed by atoms with Gasteiger partial charge in [0.25, 0.3) is 5.91 Å². The average molecular weight is 328 g/mol. The highest BCUT2D eigenvalue weighted by Crippen LogP contribution is 2.25. The number of tetrazole rings is 1. The lowest BCUT2D eigenvalue weighted by molar-refractivity contribution is -0.118. The van der Waals surface area contributed by atoms with Crippen molar-refractivity contribution in [1.29, 1.82) is 0 Å². The zero-order valence-electron chi connectivity index (χ0n) is 11.8. The number of benzene rings is 1. The van der Waals surface area contributed by atoms with Crippen LogP contribution in [0.3, 0.4) is 0 Å². The van der Waals surface area contributed by atoms with Crippen LogP contribution in [0.1, 0.15) is 9.67 Å². The van der Waals surface area contributed by atoms with Crippen LogP contribution in [-0.4, -0.2) is 32.0 Å². The summed E-state index contributed by atoms with van der Waals surface area (Å²) in [6, 6.07) is 10.6. The third kappa shape index (κ3) is 3.40.